The lowest BCUT2D eigenvalue weighted by Crippen LogP contribution is -2.43. The molecule has 0 spiro atoms. The normalized spacial score (nSPS) is 17.6. The summed E-state index contributed by atoms with van der Waals surface area (Å²) < 4.78 is 4.82. The maximum atomic E-state index is 13.1. The Kier molecular flexibility index (Phi) is 6.68. The molecule has 8 heteroatoms. The Morgan fingerprint density at radius 3 is 2.54 bits per heavy atom. The van der Waals surface area contributed by atoms with Crippen LogP contribution in [-0.2, 0) is 16.1 Å². The van der Waals surface area contributed by atoms with Crippen LogP contribution in [0.25, 0.3) is 11.3 Å². The highest BCUT2D eigenvalue weighted by atomic mass is 32.1. The summed E-state index contributed by atoms with van der Waals surface area (Å²) in [5.74, 6) is -0.641. The highest BCUT2D eigenvalue weighted by Crippen LogP contribution is 2.39. The van der Waals surface area contributed by atoms with Crippen LogP contribution in [0.4, 0.5) is 11.4 Å². The van der Waals surface area contributed by atoms with Gasteiger partial charge < -0.3 is 20.3 Å². The van der Waals surface area contributed by atoms with Gasteiger partial charge in [0.05, 0.1) is 34.5 Å². The zero-order chi connectivity index (χ0) is 24.4. The number of nitrogens with zero attached hydrogens (tertiary/aromatic N) is 2. The van der Waals surface area contributed by atoms with E-state index in [1.807, 2.05) is 17.5 Å². The maximum Gasteiger partial charge on any atom is 0.337 e. The minimum atomic E-state index is -0.437. The molecule has 2 aliphatic rings. The van der Waals surface area contributed by atoms with Crippen LogP contribution >= 0.6 is 11.3 Å². The Morgan fingerprint density at radius 1 is 1.09 bits per heavy atom. The minimum absolute atomic E-state index is 0.204. The van der Waals surface area contributed by atoms with Gasteiger partial charge in [0.1, 0.15) is 0 Å². The molecule has 0 bridgehead atoms. The second-order valence-electron chi connectivity index (χ2n) is 8.83. The van der Waals surface area contributed by atoms with Gasteiger partial charge in [-0.3, -0.25) is 9.69 Å². The van der Waals surface area contributed by atoms with Crippen molar-refractivity contribution in [2.24, 2.45) is 0 Å². The lowest BCUT2D eigenvalue weighted by atomic mass is 10.0. The molecule has 3 heterocycles. The second-order valence-corrected chi connectivity index (χ2v) is 9.78. The molecule has 2 aromatic carbocycles. The van der Waals surface area contributed by atoms with Crippen LogP contribution in [-0.4, -0.2) is 62.0 Å². The molecule has 2 N–H and O–H groups in total. The molecule has 1 aromatic heterocycles. The third kappa shape index (κ3) is 5.00. The molecule has 1 fully saturated rings. The summed E-state index contributed by atoms with van der Waals surface area (Å²) >= 11 is 1.57. The van der Waals surface area contributed by atoms with Crippen molar-refractivity contribution in [3.05, 3.63) is 81.5 Å². The van der Waals surface area contributed by atoms with Crippen LogP contribution in [0.1, 0.15) is 26.4 Å². The van der Waals surface area contributed by atoms with Crippen molar-refractivity contribution in [3.63, 3.8) is 0 Å². The average molecular weight is 489 g/mol. The van der Waals surface area contributed by atoms with E-state index in [-0.39, 0.29) is 5.91 Å². The molecule has 5 rings (SSSR count). The summed E-state index contributed by atoms with van der Waals surface area (Å²) in [7, 11) is 3.51. The summed E-state index contributed by atoms with van der Waals surface area (Å²) in [4.78, 5) is 30.8. The SMILES string of the molecule is COC(=O)c1ccc2c(c1)NC(=O)/C2=C(\Nc1ccc(CN2CCN(C)CC2)cc1)c1cccs1. The number of methoxy groups -OCH3 is 1. The fraction of sp³-hybridized carbons (Fsp3) is 0.259. The van der Waals surface area contributed by atoms with Crippen molar-refractivity contribution in [1.82, 2.24) is 9.80 Å². The van der Waals surface area contributed by atoms with Crippen molar-refractivity contribution in [3.8, 4) is 0 Å². The monoisotopic (exact) mass is 488 g/mol. The number of nitrogens with one attached hydrogen (secondary N) is 2. The van der Waals surface area contributed by atoms with Crippen molar-refractivity contribution in [1.29, 1.82) is 0 Å². The average Bonchev–Trinajstić information content (AvgIpc) is 3.52. The van der Waals surface area contributed by atoms with Gasteiger partial charge in [-0.15, -0.1) is 11.3 Å². The van der Waals surface area contributed by atoms with Gasteiger partial charge in [0.25, 0.3) is 5.91 Å². The van der Waals surface area contributed by atoms with E-state index in [9.17, 15) is 9.59 Å². The van der Waals surface area contributed by atoms with Crippen molar-refractivity contribution < 1.29 is 14.3 Å². The predicted octanol–water partition coefficient (Wildman–Crippen LogP) is 4.21. The van der Waals surface area contributed by atoms with Crippen LogP contribution in [0.3, 0.4) is 0 Å². The summed E-state index contributed by atoms with van der Waals surface area (Å²) in [5.41, 5.74) is 5.24. The zero-order valence-electron chi connectivity index (χ0n) is 19.8. The first-order valence-electron chi connectivity index (χ1n) is 11.6. The van der Waals surface area contributed by atoms with Crippen LogP contribution in [0.15, 0.2) is 60.0 Å². The Bertz CT molecular complexity index is 1260. The molecule has 0 unspecified atom stereocenters. The number of carbonyl (C=O) groups is 2. The first kappa shape index (κ1) is 23.3. The number of fused-ring (bicyclic) bond motifs is 1. The second kappa shape index (κ2) is 10.0. The number of hydrogen-bond donors (Lipinski definition) is 2. The number of hydrogen-bond acceptors (Lipinski definition) is 7. The number of anilines is 2. The smallest absolute Gasteiger partial charge is 0.337 e. The number of rotatable bonds is 6. The number of benzene rings is 2. The van der Waals surface area contributed by atoms with Crippen molar-refractivity contribution >= 4 is 45.9 Å². The van der Waals surface area contributed by atoms with Crippen LogP contribution in [0.5, 0.6) is 0 Å². The summed E-state index contributed by atoms with van der Waals surface area (Å²) in [5, 5.41) is 8.39. The minimum Gasteiger partial charge on any atom is -0.465 e. The summed E-state index contributed by atoms with van der Waals surface area (Å²) in [6, 6.07) is 17.5. The number of esters is 1. The molecule has 1 amide bonds. The molecule has 1 saturated heterocycles. The zero-order valence-corrected chi connectivity index (χ0v) is 20.7. The lowest BCUT2D eigenvalue weighted by molar-refractivity contribution is -0.110. The van der Waals surface area contributed by atoms with E-state index >= 15 is 0 Å². The van der Waals surface area contributed by atoms with E-state index in [2.05, 4.69) is 51.7 Å². The number of ether oxygens (including phenoxy) is 1. The largest absolute Gasteiger partial charge is 0.465 e. The first-order valence-corrected chi connectivity index (χ1v) is 12.5. The molecule has 0 radical (unpaired) electrons. The molecular formula is C27H28N4O3S. The van der Waals surface area contributed by atoms with Crippen molar-refractivity contribution in [2.45, 2.75) is 6.54 Å². The van der Waals surface area contributed by atoms with Crippen LogP contribution < -0.4 is 10.6 Å². The number of amides is 1. The lowest BCUT2D eigenvalue weighted by Gasteiger charge is -2.32. The highest BCUT2D eigenvalue weighted by molar-refractivity contribution is 7.11. The standard InChI is InChI=1S/C27H28N4O3S/c1-30-11-13-31(14-12-30)17-18-5-8-20(9-6-18)28-25(23-4-3-15-35-23)24-21-10-7-19(27(33)34-2)16-22(21)29-26(24)32/h3-10,15-16,28H,11-14,17H2,1-2H3,(H,29,32)/b25-24-. The van der Waals surface area contributed by atoms with Gasteiger partial charge in [-0.1, -0.05) is 24.3 Å². The summed E-state index contributed by atoms with van der Waals surface area (Å²) in [6.45, 7) is 5.30. The van der Waals surface area contributed by atoms with Gasteiger partial charge in [-0.2, -0.15) is 0 Å². The summed E-state index contributed by atoms with van der Waals surface area (Å²) in [6.07, 6.45) is 0. The van der Waals surface area contributed by atoms with Gasteiger partial charge in [-0.25, -0.2) is 4.79 Å². The van der Waals surface area contributed by atoms with Gasteiger partial charge in [0.2, 0.25) is 0 Å². The fourth-order valence-electron chi connectivity index (χ4n) is 4.44. The van der Waals surface area contributed by atoms with E-state index in [1.165, 1.54) is 12.7 Å². The van der Waals surface area contributed by atoms with Crippen LogP contribution in [0.2, 0.25) is 0 Å². The molecule has 180 valence electrons. The molecule has 0 saturated carbocycles. The maximum absolute atomic E-state index is 13.1. The molecule has 35 heavy (non-hydrogen) atoms. The van der Waals surface area contributed by atoms with E-state index in [4.69, 9.17) is 4.74 Å². The molecule has 2 aliphatic heterocycles. The first-order chi connectivity index (χ1) is 17.0. The predicted molar refractivity (Wildman–Crippen MR) is 140 cm³/mol. The van der Waals surface area contributed by atoms with E-state index < -0.39 is 5.97 Å². The topological polar surface area (TPSA) is 73.9 Å². The molecule has 7 nitrogen and oxygen atoms in total. The van der Waals surface area contributed by atoms with E-state index in [1.54, 1.807) is 29.5 Å². The molecular weight excluding hydrogens is 460 g/mol. The van der Waals surface area contributed by atoms with Gasteiger partial charge >= 0.3 is 5.97 Å². The van der Waals surface area contributed by atoms with E-state index in [0.717, 1.165) is 54.5 Å². The Labute approximate surface area is 209 Å². The third-order valence-electron chi connectivity index (χ3n) is 6.43. The van der Waals surface area contributed by atoms with E-state index in [0.29, 0.717) is 16.8 Å². The Morgan fingerprint density at radius 2 is 1.86 bits per heavy atom. The van der Waals surface area contributed by atoms with Gasteiger partial charge in [-0.05, 0) is 48.3 Å². The van der Waals surface area contributed by atoms with Crippen LogP contribution in [0, 0.1) is 0 Å². The van der Waals surface area contributed by atoms with Gasteiger partial charge in [0, 0.05) is 44.0 Å². The molecule has 0 aliphatic carbocycles. The number of piperazine rings is 1. The Balaban J connectivity index is 1.43. The highest BCUT2D eigenvalue weighted by Gasteiger charge is 2.29. The number of thiophene rings is 1. The molecule has 3 aromatic rings. The third-order valence-corrected chi connectivity index (χ3v) is 7.32. The fourth-order valence-corrected chi connectivity index (χ4v) is 5.17. The number of likely N-dealkylation sites (N-methyl/N-ethyl adjacent to an activating group) is 1. The number of carbonyl (C=O) groups excluding carboxylic acids is 2. The van der Waals surface area contributed by atoms with Gasteiger partial charge in [0.15, 0.2) is 0 Å². The molecule has 0 atom stereocenters. The quantitative estimate of drug-likeness (QED) is 0.400. The van der Waals surface area contributed by atoms with Crippen molar-refractivity contribution in [2.75, 3.05) is 51.0 Å². The Hall–Kier alpha value is -3.46.